The number of para-hydroxylation sites is 2. The molecular weight excluding hydrogens is 367 g/mol. The highest BCUT2D eigenvalue weighted by atomic mass is 19.2. The number of anilines is 1. The Labute approximate surface area is 151 Å². The molecule has 6 nitrogen and oxygen atoms in total. The van der Waals surface area contributed by atoms with Gasteiger partial charge in [-0.3, -0.25) is 4.79 Å². The third-order valence-corrected chi connectivity index (χ3v) is 3.73. The second-order valence-electron chi connectivity index (χ2n) is 5.66. The number of ether oxygens (including phenoxy) is 3. The van der Waals surface area contributed by atoms with Crippen molar-refractivity contribution >= 4 is 17.6 Å². The maximum Gasteiger partial charge on any atom is 0.351 e. The SMILES string of the molecule is C[C@@H](OC(=O)[C@H]1COc2ccccc2O1)C(=O)Nc1ccc(F)c(F)c1F. The van der Waals surface area contributed by atoms with Crippen molar-refractivity contribution in [2.75, 3.05) is 11.9 Å². The normalized spacial score (nSPS) is 16.4. The minimum atomic E-state index is -1.72. The van der Waals surface area contributed by atoms with Crippen LogP contribution in [0.25, 0.3) is 0 Å². The molecule has 2 atom stereocenters. The number of carbonyl (C=O) groups excluding carboxylic acids is 2. The van der Waals surface area contributed by atoms with Crippen molar-refractivity contribution < 1.29 is 37.0 Å². The Kier molecular flexibility index (Phi) is 5.20. The maximum atomic E-state index is 13.6. The fourth-order valence-corrected chi connectivity index (χ4v) is 2.30. The van der Waals surface area contributed by atoms with Gasteiger partial charge in [-0.25, -0.2) is 18.0 Å². The van der Waals surface area contributed by atoms with Crippen molar-refractivity contribution in [3.8, 4) is 11.5 Å². The first-order valence-electron chi connectivity index (χ1n) is 7.90. The van der Waals surface area contributed by atoms with Crippen LogP contribution in [0, 0.1) is 17.5 Å². The quantitative estimate of drug-likeness (QED) is 0.651. The lowest BCUT2D eigenvalue weighted by atomic mass is 10.2. The summed E-state index contributed by atoms with van der Waals surface area (Å²) in [4.78, 5) is 24.2. The number of hydrogen-bond acceptors (Lipinski definition) is 5. The number of rotatable bonds is 4. The van der Waals surface area contributed by atoms with E-state index in [0.717, 1.165) is 6.07 Å². The van der Waals surface area contributed by atoms with E-state index in [4.69, 9.17) is 14.2 Å². The Morgan fingerprint density at radius 3 is 2.56 bits per heavy atom. The lowest BCUT2D eigenvalue weighted by molar-refractivity contribution is -0.162. The van der Waals surface area contributed by atoms with E-state index >= 15 is 0 Å². The van der Waals surface area contributed by atoms with Crippen molar-refractivity contribution in [2.45, 2.75) is 19.1 Å². The first kappa shape index (κ1) is 18.6. The molecule has 1 N–H and O–H groups in total. The largest absolute Gasteiger partial charge is 0.485 e. The molecule has 0 aliphatic carbocycles. The van der Waals surface area contributed by atoms with Crippen LogP contribution in [0.1, 0.15) is 6.92 Å². The number of hydrogen-bond donors (Lipinski definition) is 1. The summed E-state index contributed by atoms with van der Waals surface area (Å²) in [5.41, 5.74) is -0.576. The van der Waals surface area contributed by atoms with Crippen LogP contribution in [0.15, 0.2) is 36.4 Å². The summed E-state index contributed by atoms with van der Waals surface area (Å²) in [5, 5.41) is 2.03. The summed E-state index contributed by atoms with van der Waals surface area (Å²) in [6.07, 6.45) is -2.43. The second-order valence-corrected chi connectivity index (χ2v) is 5.66. The maximum absolute atomic E-state index is 13.6. The molecular formula is C18H14F3NO5. The molecule has 0 fully saturated rings. The van der Waals surface area contributed by atoms with E-state index in [1.54, 1.807) is 24.3 Å². The summed E-state index contributed by atoms with van der Waals surface area (Å²) in [6.45, 7) is 1.13. The number of carbonyl (C=O) groups is 2. The number of esters is 1. The lowest BCUT2D eigenvalue weighted by Gasteiger charge is -2.25. The molecule has 1 amide bonds. The summed E-state index contributed by atoms with van der Waals surface area (Å²) >= 11 is 0. The lowest BCUT2D eigenvalue weighted by Crippen LogP contribution is -2.41. The minimum absolute atomic E-state index is 0.109. The van der Waals surface area contributed by atoms with E-state index < -0.39 is 47.2 Å². The number of benzene rings is 2. The molecule has 0 unspecified atom stereocenters. The third-order valence-electron chi connectivity index (χ3n) is 3.73. The van der Waals surface area contributed by atoms with E-state index in [1.165, 1.54) is 6.92 Å². The van der Waals surface area contributed by atoms with Gasteiger partial charge >= 0.3 is 5.97 Å². The van der Waals surface area contributed by atoms with Gasteiger partial charge in [0.2, 0.25) is 6.10 Å². The van der Waals surface area contributed by atoms with Crippen molar-refractivity contribution in [3.63, 3.8) is 0 Å². The van der Waals surface area contributed by atoms with Gasteiger partial charge in [0.1, 0.15) is 6.61 Å². The number of fused-ring (bicyclic) bond motifs is 1. The monoisotopic (exact) mass is 381 g/mol. The first-order chi connectivity index (χ1) is 12.9. The van der Waals surface area contributed by atoms with Gasteiger partial charge in [0.25, 0.3) is 5.91 Å². The standard InChI is InChI=1S/C18H14F3NO5/c1-9(17(23)22-11-7-6-10(19)15(20)16(11)21)26-18(24)14-8-25-12-4-2-3-5-13(12)27-14/h2-7,9,14H,8H2,1H3,(H,22,23)/t9-,14-/m1/s1. The molecule has 0 radical (unpaired) electrons. The Bertz CT molecular complexity index is 889. The third kappa shape index (κ3) is 3.97. The van der Waals surface area contributed by atoms with Crippen LogP contribution in [0.3, 0.4) is 0 Å². The van der Waals surface area contributed by atoms with Crippen LogP contribution < -0.4 is 14.8 Å². The molecule has 1 aliphatic rings. The van der Waals surface area contributed by atoms with E-state index in [9.17, 15) is 22.8 Å². The molecule has 0 bridgehead atoms. The van der Waals surface area contributed by atoms with Crippen LogP contribution in [0.4, 0.5) is 18.9 Å². The molecule has 142 valence electrons. The van der Waals surface area contributed by atoms with Gasteiger partial charge in [0.05, 0.1) is 5.69 Å². The van der Waals surface area contributed by atoms with Crippen LogP contribution in [0.5, 0.6) is 11.5 Å². The molecule has 0 spiro atoms. The summed E-state index contributed by atoms with van der Waals surface area (Å²) in [6, 6.07) is 8.23. The van der Waals surface area contributed by atoms with Gasteiger partial charge < -0.3 is 19.5 Å². The molecule has 27 heavy (non-hydrogen) atoms. The fraction of sp³-hybridized carbons (Fsp3) is 0.222. The molecule has 9 heteroatoms. The molecule has 1 heterocycles. The van der Waals surface area contributed by atoms with Gasteiger partial charge in [0, 0.05) is 0 Å². The first-order valence-corrected chi connectivity index (χ1v) is 7.90. The van der Waals surface area contributed by atoms with E-state index in [1.807, 2.05) is 5.32 Å². The highest BCUT2D eigenvalue weighted by Crippen LogP contribution is 2.31. The van der Waals surface area contributed by atoms with E-state index in [0.29, 0.717) is 17.6 Å². The van der Waals surface area contributed by atoms with Crippen molar-refractivity contribution in [3.05, 3.63) is 53.8 Å². The Balaban J connectivity index is 1.60. The van der Waals surface area contributed by atoms with Crippen molar-refractivity contribution in [1.82, 2.24) is 0 Å². The van der Waals surface area contributed by atoms with Crippen LogP contribution in [-0.2, 0) is 14.3 Å². The molecule has 0 aromatic heterocycles. The highest BCUT2D eigenvalue weighted by Gasteiger charge is 2.31. The Hall–Kier alpha value is -3.23. The van der Waals surface area contributed by atoms with Crippen LogP contribution in [0.2, 0.25) is 0 Å². The Morgan fingerprint density at radius 1 is 1.11 bits per heavy atom. The molecule has 1 aliphatic heterocycles. The average Bonchev–Trinajstić information content (AvgIpc) is 2.67. The van der Waals surface area contributed by atoms with Gasteiger partial charge in [-0.05, 0) is 31.2 Å². The zero-order chi connectivity index (χ0) is 19.6. The predicted octanol–water partition coefficient (Wildman–Crippen LogP) is 2.81. The molecule has 3 rings (SSSR count). The topological polar surface area (TPSA) is 73.9 Å². The summed E-state index contributed by atoms with van der Waals surface area (Å²) in [7, 11) is 0. The van der Waals surface area contributed by atoms with Gasteiger partial charge in [-0.15, -0.1) is 0 Å². The van der Waals surface area contributed by atoms with Crippen LogP contribution in [-0.4, -0.2) is 30.7 Å². The highest BCUT2D eigenvalue weighted by molar-refractivity contribution is 5.95. The zero-order valence-electron chi connectivity index (χ0n) is 14.0. The zero-order valence-corrected chi connectivity index (χ0v) is 14.0. The minimum Gasteiger partial charge on any atom is -0.485 e. The molecule has 2 aromatic carbocycles. The van der Waals surface area contributed by atoms with Crippen LogP contribution >= 0.6 is 0 Å². The average molecular weight is 381 g/mol. The van der Waals surface area contributed by atoms with E-state index in [2.05, 4.69) is 0 Å². The predicted molar refractivity (Wildman–Crippen MR) is 86.9 cm³/mol. The number of amides is 1. The number of nitrogens with one attached hydrogen (secondary N) is 1. The van der Waals surface area contributed by atoms with Gasteiger partial charge in [-0.2, -0.15) is 0 Å². The summed E-state index contributed by atoms with van der Waals surface area (Å²) < 4.78 is 55.5. The number of halogens is 3. The molecule has 0 saturated carbocycles. The molecule has 0 saturated heterocycles. The fourth-order valence-electron chi connectivity index (χ4n) is 2.30. The molecule has 2 aromatic rings. The summed E-state index contributed by atoms with van der Waals surface area (Å²) in [5.74, 6) is -5.62. The smallest absolute Gasteiger partial charge is 0.351 e. The van der Waals surface area contributed by atoms with Gasteiger partial charge in [0.15, 0.2) is 35.1 Å². The Morgan fingerprint density at radius 2 is 1.81 bits per heavy atom. The second kappa shape index (κ2) is 7.56. The van der Waals surface area contributed by atoms with Crippen molar-refractivity contribution in [2.24, 2.45) is 0 Å². The van der Waals surface area contributed by atoms with Crippen molar-refractivity contribution in [1.29, 1.82) is 0 Å². The van der Waals surface area contributed by atoms with E-state index in [-0.39, 0.29) is 6.61 Å². The van der Waals surface area contributed by atoms with Gasteiger partial charge in [-0.1, -0.05) is 12.1 Å².